The topological polar surface area (TPSA) is 38.7 Å². The fourth-order valence-electron chi connectivity index (χ4n) is 0.801. The smallest absolute Gasteiger partial charge is 0.149 e. The SMILES string of the molecule is Ic1ccc(-c2nncs2)cn1. The van der Waals surface area contributed by atoms with Crippen LogP contribution in [-0.2, 0) is 0 Å². The van der Waals surface area contributed by atoms with Gasteiger partial charge in [0.05, 0.1) is 0 Å². The molecule has 0 aliphatic carbocycles. The van der Waals surface area contributed by atoms with Crippen molar-refractivity contribution in [3.63, 3.8) is 0 Å². The van der Waals surface area contributed by atoms with Gasteiger partial charge in [0.2, 0.25) is 0 Å². The summed E-state index contributed by atoms with van der Waals surface area (Å²) in [6.07, 6.45) is 1.81. The third kappa shape index (κ3) is 1.61. The number of rotatable bonds is 1. The molecule has 3 nitrogen and oxygen atoms in total. The van der Waals surface area contributed by atoms with Crippen LogP contribution in [0.3, 0.4) is 0 Å². The van der Waals surface area contributed by atoms with Gasteiger partial charge in [-0.1, -0.05) is 11.3 Å². The van der Waals surface area contributed by atoms with Crippen LogP contribution in [0, 0.1) is 3.70 Å². The van der Waals surface area contributed by atoms with Crippen molar-refractivity contribution in [3.05, 3.63) is 27.5 Å². The minimum atomic E-state index is 0.916. The van der Waals surface area contributed by atoms with E-state index in [-0.39, 0.29) is 0 Å². The highest BCUT2D eigenvalue weighted by Crippen LogP contribution is 2.19. The fourth-order valence-corrected chi connectivity index (χ4v) is 1.67. The van der Waals surface area contributed by atoms with Crippen molar-refractivity contribution in [2.24, 2.45) is 0 Å². The monoisotopic (exact) mass is 289 g/mol. The lowest BCUT2D eigenvalue weighted by molar-refractivity contribution is 1.09. The van der Waals surface area contributed by atoms with Crippen LogP contribution in [0.4, 0.5) is 0 Å². The van der Waals surface area contributed by atoms with E-state index in [9.17, 15) is 0 Å². The van der Waals surface area contributed by atoms with Gasteiger partial charge in [-0.2, -0.15) is 0 Å². The van der Waals surface area contributed by atoms with Crippen LogP contribution < -0.4 is 0 Å². The molecule has 0 spiro atoms. The van der Waals surface area contributed by atoms with E-state index in [2.05, 4.69) is 37.8 Å². The molecule has 0 N–H and O–H groups in total. The van der Waals surface area contributed by atoms with E-state index in [0.717, 1.165) is 14.3 Å². The van der Waals surface area contributed by atoms with Crippen LogP contribution in [0.15, 0.2) is 23.8 Å². The third-order valence-electron chi connectivity index (χ3n) is 1.33. The summed E-state index contributed by atoms with van der Waals surface area (Å²) in [5.74, 6) is 0. The van der Waals surface area contributed by atoms with Gasteiger partial charge in [0.1, 0.15) is 14.2 Å². The summed E-state index contributed by atoms with van der Waals surface area (Å²) >= 11 is 3.69. The van der Waals surface area contributed by atoms with Crippen molar-refractivity contribution in [1.29, 1.82) is 0 Å². The van der Waals surface area contributed by atoms with Gasteiger partial charge < -0.3 is 0 Å². The molecule has 60 valence electrons. The normalized spacial score (nSPS) is 10.1. The molecule has 0 unspecified atom stereocenters. The van der Waals surface area contributed by atoms with E-state index >= 15 is 0 Å². The van der Waals surface area contributed by atoms with Gasteiger partial charge in [0.15, 0.2) is 0 Å². The summed E-state index contributed by atoms with van der Waals surface area (Å²) in [6, 6.07) is 3.95. The van der Waals surface area contributed by atoms with Gasteiger partial charge in [-0.15, -0.1) is 10.2 Å². The van der Waals surface area contributed by atoms with Crippen LogP contribution >= 0.6 is 33.9 Å². The largest absolute Gasteiger partial charge is 0.250 e. The van der Waals surface area contributed by atoms with Gasteiger partial charge in [-0.3, -0.25) is 0 Å². The Morgan fingerprint density at radius 1 is 1.33 bits per heavy atom. The highest BCUT2D eigenvalue weighted by molar-refractivity contribution is 14.1. The predicted octanol–water partition coefficient (Wildman–Crippen LogP) is 2.20. The lowest BCUT2D eigenvalue weighted by Gasteiger charge is -1.92. The Bertz CT molecular complexity index is 357. The predicted molar refractivity (Wildman–Crippen MR) is 55.9 cm³/mol. The zero-order valence-electron chi connectivity index (χ0n) is 5.94. The average molecular weight is 289 g/mol. The van der Waals surface area contributed by atoms with Crippen LogP contribution in [-0.4, -0.2) is 15.2 Å². The van der Waals surface area contributed by atoms with Crippen LogP contribution in [0.25, 0.3) is 10.6 Å². The molecule has 0 saturated heterocycles. The number of hydrogen-bond donors (Lipinski definition) is 0. The van der Waals surface area contributed by atoms with E-state index in [4.69, 9.17) is 0 Å². The van der Waals surface area contributed by atoms with Crippen LogP contribution in [0.1, 0.15) is 0 Å². The zero-order valence-corrected chi connectivity index (χ0v) is 8.91. The number of nitrogens with zero attached hydrogens (tertiary/aromatic N) is 3. The first-order chi connectivity index (χ1) is 5.86. The maximum atomic E-state index is 4.16. The number of hydrogen-bond acceptors (Lipinski definition) is 4. The maximum absolute atomic E-state index is 4.16. The highest BCUT2D eigenvalue weighted by atomic mass is 127. The summed E-state index contributed by atoms with van der Waals surface area (Å²) in [6.45, 7) is 0. The van der Waals surface area contributed by atoms with Crippen molar-refractivity contribution in [2.75, 3.05) is 0 Å². The quantitative estimate of drug-likeness (QED) is 0.597. The second-order valence-corrected chi connectivity index (χ2v) is 4.05. The second-order valence-electron chi connectivity index (χ2n) is 2.11. The molecule has 2 aromatic rings. The Labute approximate surface area is 87.0 Å². The van der Waals surface area contributed by atoms with E-state index in [0.29, 0.717) is 0 Å². The van der Waals surface area contributed by atoms with Gasteiger partial charge >= 0.3 is 0 Å². The highest BCUT2D eigenvalue weighted by Gasteiger charge is 2.00. The lowest BCUT2D eigenvalue weighted by atomic mass is 10.3. The maximum Gasteiger partial charge on any atom is 0.149 e. The molecular weight excluding hydrogens is 285 g/mol. The third-order valence-corrected chi connectivity index (χ3v) is 2.71. The molecular formula is C7H4IN3S. The minimum Gasteiger partial charge on any atom is -0.250 e. The molecule has 0 atom stereocenters. The Morgan fingerprint density at radius 3 is 2.83 bits per heavy atom. The molecule has 5 heteroatoms. The summed E-state index contributed by atoms with van der Waals surface area (Å²) in [5, 5.41) is 8.62. The van der Waals surface area contributed by atoms with Crippen LogP contribution in [0.2, 0.25) is 0 Å². The van der Waals surface area contributed by atoms with E-state index < -0.39 is 0 Å². The molecule has 0 radical (unpaired) electrons. The molecule has 0 aliphatic rings. The molecule has 2 rings (SSSR count). The lowest BCUT2D eigenvalue weighted by Crippen LogP contribution is -1.81. The van der Waals surface area contributed by atoms with Gasteiger partial charge in [-0.05, 0) is 34.7 Å². The fraction of sp³-hybridized carbons (Fsp3) is 0. The van der Waals surface area contributed by atoms with Crippen molar-refractivity contribution in [3.8, 4) is 10.6 Å². The molecule has 0 aliphatic heterocycles. The number of pyridine rings is 1. The molecule has 12 heavy (non-hydrogen) atoms. The van der Waals surface area contributed by atoms with Gasteiger partial charge in [-0.25, -0.2) is 4.98 Å². The summed E-state index contributed by atoms with van der Waals surface area (Å²) < 4.78 is 0.987. The summed E-state index contributed by atoms with van der Waals surface area (Å²) in [7, 11) is 0. The van der Waals surface area contributed by atoms with Crippen molar-refractivity contribution in [2.45, 2.75) is 0 Å². The summed E-state index contributed by atoms with van der Waals surface area (Å²) in [5.41, 5.74) is 2.74. The Balaban J connectivity index is 2.43. The average Bonchev–Trinajstić information content (AvgIpc) is 2.58. The molecule has 0 bridgehead atoms. The molecule has 0 aromatic carbocycles. The van der Waals surface area contributed by atoms with E-state index in [1.807, 2.05) is 18.3 Å². The number of aromatic nitrogens is 3. The molecule has 0 saturated carbocycles. The molecule has 0 fully saturated rings. The van der Waals surface area contributed by atoms with Gasteiger partial charge in [0, 0.05) is 11.8 Å². The number of halogens is 1. The standard InChI is InChI=1S/C7H4IN3S/c8-6-2-1-5(3-9-6)7-11-10-4-12-7/h1-4H. The van der Waals surface area contributed by atoms with E-state index in [1.165, 1.54) is 11.3 Å². The first kappa shape index (κ1) is 8.06. The van der Waals surface area contributed by atoms with Gasteiger partial charge in [0.25, 0.3) is 0 Å². The first-order valence-electron chi connectivity index (χ1n) is 3.24. The Morgan fingerprint density at radius 2 is 2.25 bits per heavy atom. The Hall–Kier alpha value is -0.560. The molecule has 0 amide bonds. The summed E-state index contributed by atoms with van der Waals surface area (Å²) in [4.78, 5) is 4.16. The minimum absolute atomic E-state index is 0.916. The van der Waals surface area contributed by atoms with Crippen molar-refractivity contribution >= 4 is 33.9 Å². The second kappa shape index (κ2) is 3.44. The van der Waals surface area contributed by atoms with Crippen molar-refractivity contribution < 1.29 is 0 Å². The van der Waals surface area contributed by atoms with Crippen molar-refractivity contribution in [1.82, 2.24) is 15.2 Å². The zero-order chi connectivity index (χ0) is 8.39. The molecule has 2 heterocycles. The first-order valence-corrected chi connectivity index (χ1v) is 5.20. The van der Waals surface area contributed by atoms with Crippen LogP contribution in [0.5, 0.6) is 0 Å². The van der Waals surface area contributed by atoms with E-state index in [1.54, 1.807) is 5.51 Å². The molecule has 2 aromatic heterocycles. The Kier molecular flexibility index (Phi) is 2.31.